The van der Waals surface area contributed by atoms with E-state index in [9.17, 15) is 9.59 Å². The first kappa shape index (κ1) is 17.9. The maximum atomic E-state index is 12.4. The average molecular weight is 349 g/mol. The van der Waals surface area contributed by atoms with Gasteiger partial charge in [-0.1, -0.05) is 29.8 Å². The Morgan fingerprint density at radius 2 is 1.85 bits per heavy atom. The molecule has 0 saturated heterocycles. The first-order valence-corrected chi connectivity index (χ1v) is 8.84. The summed E-state index contributed by atoms with van der Waals surface area (Å²) in [6, 6.07) is 13.6. The third-order valence-corrected chi connectivity index (χ3v) is 4.51. The second-order valence-corrected chi connectivity index (χ2v) is 6.44. The van der Waals surface area contributed by atoms with Crippen molar-refractivity contribution in [3.05, 3.63) is 75.2 Å². The van der Waals surface area contributed by atoms with E-state index in [0.29, 0.717) is 29.9 Å². The summed E-state index contributed by atoms with van der Waals surface area (Å²) < 4.78 is 1.68. The van der Waals surface area contributed by atoms with Crippen LogP contribution in [0.3, 0.4) is 0 Å². The molecule has 2 aromatic carbocycles. The van der Waals surface area contributed by atoms with Crippen LogP contribution in [0.1, 0.15) is 34.1 Å². The van der Waals surface area contributed by atoms with E-state index in [4.69, 9.17) is 0 Å². The molecule has 5 nitrogen and oxygen atoms in total. The van der Waals surface area contributed by atoms with Crippen LogP contribution < -0.4 is 10.9 Å². The molecule has 134 valence electrons. The Morgan fingerprint density at radius 3 is 2.54 bits per heavy atom. The molecule has 1 heterocycles. The minimum atomic E-state index is -0.132. The zero-order chi connectivity index (χ0) is 18.7. The molecule has 0 atom stereocenters. The predicted octanol–water partition coefficient (Wildman–Crippen LogP) is 3.01. The van der Waals surface area contributed by atoms with Crippen LogP contribution in [0.4, 0.5) is 0 Å². The third-order valence-electron chi connectivity index (χ3n) is 4.51. The molecule has 0 unspecified atom stereocenters. The average Bonchev–Trinajstić information content (AvgIpc) is 2.64. The van der Waals surface area contributed by atoms with Crippen LogP contribution in [-0.2, 0) is 13.0 Å². The van der Waals surface area contributed by atoms with Crippen LogP contribution in [0.2, 0.25) is 0 Å². The fourth-order valence-corrected chi connectivity index (χ4v) is 3.01. The molecule has 1 N–H and O–H groups in total. The molecule has 0 aliphatic carbocycles. The number of nitrogens with zero attached hydrogens (tertiary/aromatic N) is 2. The predicted molar refractivity (Wildman–Crippen MR) is 104 cm³/mol. The van der Waals surface area contributed by atoms with Gasteiger partial charge in [0.2, 0.25) is 0 Å². The van der Waals surface area contributed by atoms with Gasteiger partial charge < -0.3 is 9.88 Å². The highest BCUT2D eigenvalue weighted by Gasteiger charge is 2.11. The molecule has 0 aliphatic rings. The van der Waals surface area contributed by atoms with E-state index < -0.39 is 0 Å². The number of amides is 1. The Balaban J connectivity index is 1.75. The van der Waals surface area contributed by atoms with Gasteiger partial charge in [-0.3, -0.25) is 9.59 Å². The Hall–Kier alpha value is -2.95. The highest BCUT2D eigenvalue weighted by molar-refractivity contribution is 5.97. The zero-order valence-corrected chi connectivity index (χ0v) is 15.4. The smallest absolute Gasteiger partial charge is 0.272 e. The summed E-state index contributed by atoms with van der Waals surface area (Å²) in [6.07, 6.45) is 0.784. The topological polar surface area (TPSA) is 64.0 Å². The van der Waals surface area contributed by atoms with Crippen molar-refractivity contribution in [2.75, 3.05) is 6.54 Å². The SMILES string of the molecule is CCn1c(=O)c(C)nc2cc(C(=O)NCCc3ccc(C)cc3)ccc21. The number of aryl methyl sites for hydroxylation is 3. The molecule has 0 saturated carbocycles. The Bertz CT molecular complexity index is 1000. The van der Waals surface area contributed by atoms with Crippen LogP contribution in [0.25, 0.3) is 11.0 Å². The molecule has 26 heavy (non-hydrogen) atoms. The van der Waals surface area contributed by atoms with Crippen molar-refractivity contribution >= 4 is 16.9 Å². The van der Waals surface area contributed by atoms with Gasteiger partial charge in [-0.05, 0) is 51.0 Å². The van der Waals surface area contributed by atoms with Gasteiger partial charge in [0.1, 0.15) is 5.69 Å². The molecule has 3 rings (SSSR count). The molecule has 3 aromatic rings. The lowest BCUT2D eigenvalue weighted by molar-refractivity contribution is 0.0954. The summed E-state index contributed by atoms with van der Waals surface area (Å²) >= 11 is 0. The molecule has 5 heteroatoms. The van der Waals surface area contributed by atoms with Crippen molar-refractivity contribution in [2.24, 2.45) is 0 Å². The van der Waals surface area contributed by atoms with Gasteiger partial charge in [-0.2, -0.15) is 0 Å². The van der Waals surface area contributed by atoms with Crippen molar-refractivity contribution in [3.8, 4) is 0 Å². The van der Waals surface area contributed by atoms with Gasteiger partial charge in [0.05, 0.1) is 11.0 Å². The monoisotopic (exact) mass is 349 g/mol. The largest absolute Gasteiger partial charge is 0.352 e. The van der Waals surface area contributed by atoms with Gasteiger partial charge in [-0.15, -0.1) is 0 Å². The molecule has 0 aliphatic heterocycles. The fraction of sp³-hybridized carbons (Fsp3) is 0.286. The Labute approximate surface area is 152 Å². The molecule has 1 amide bonds. The summed E-state index contributed by atoms with van der Waals surface area (Å²) in [5.41, 5.74) is 4.73. The Morgan fingerprint density at radius 1 is 1.12 bits per heavy atom. The number of fused-ring (bicyclic) bond motifs is 1. The number of hydrogen-bond acceptors (Lipinski definition) is 3. The van der Waals surface area contributed by atoms with Crippen molar-refractivity contribution in [1.82, 2.24) is 14.9 Å². The molecule has 0 radical (unpaired) electrons. The molecule has 0 fully saturated rings. The van der Waals surface area contributed by atoms with Crippen LogP contribution in [0, 0.1) is 13.8 Å². The van der Waals surface area contributed by atoms with Crippen LogP contribution in [0.5, 0.6) is 0 Å². The number of benzene rings is 2. The van der Waals surface area contributed by atoms with Gasteiger partial charge in [0.15, 0.2) is 0 Å². The number of nitrogens with one attached hydrogen (secondary N) is 1. The van der Waals surface area contributed by atoms with Crippen molar-refractivity contribution < 1.29 is 4.79 Å². The van der Waals surface area contributed by atoms with E-state index in [-0.39, 0.29) is 11.5 Å². The van der Waals surface area contributed by atoms with Crippen LogP contribution >= 0.6 is 0 Å². The molecule has 0 bridgehead atoms. The van der Waals surface area contributed by atoms with E-state index in [1.807, 2.05) is 6.92 Å². The summed E-state index contributed by atoms with van der Waals surface area (Å²) in [4.78, 5) is 28.9. The number of rotatable bonds is 5. The lowest BCUT2D eigenvalue weighted by Gasteiger charge is -2.10. The minimum absolute atomic E-state index is 0.0877. The normalized spacial score (nSPS) is 10.9. The van der Waals surface area contributed by atoms with E-state index in [1.165, 1.54) is 11.1 Å². The summed E-state index contributed by atoms with van der Waals surface area (Å²) in [7, 11) is 0. The quantitative estimate of drug-likeness (QED) is 0.770. The molecule has 0 spiro atoms. The Kier molecular flexibility index (Phi) is 5.16. The standard InChI is InChI=1S/C21H23N3O2/c1-4-24-19-10-9-17(13-18(19)23-15(3)21(24)26)20(25)22-12-11-16-7-5-14(2)6-8-16/h5-10,13H,4,11-12H2,1-3H3,(H,22,25). The van der Waals surface area contributed by atoms with E-state index in [2.05, 4.69) is 41.5 Å². The zero-order valence-electron chi connectivity index (χ0n) is 15.4. The van der Waals surface area contributed by atoms with E-state index >= 15 is 0 Å². The second-order valence-electron chi connectivity index (χ2n) is 6.44. The molecular weight excluding hydrogens is 326 g/mol. The van der Waals surface area contributed by atoms with Crippen molar-refractivity contribution in [2.45, 2.75) is 33.7 Å². The lowest BCUT2D eigenvalue weighted by atomic mass is 10.1. The van der Waals surface area contributed by atoms with Crippen LogP contribution in [-0.4, -0.2) is 22.0 Å². The van der Waals surface area contributed by atoms with Gasteiger partial charge >= 0.3 is 0 Å². The number of aromatic nitrogens is 2. The lowest BCUT2D eigenvalue weighted by Crippen LogP contribution is -2.26. The van der Waals surface area contributed by atoms with Gasteiger partial charge in [-0.25, -0.2) is 4.98 Å². The van der Waals surface area contributed by atoms with Crippen molar-refractivity contribution in [1.29, 1.82) is 0 Å². The van der Waals surface area contributed by atoms with Gasteiger partial charge in [0.25, 0.3) is 11.5 Å². The third kappa shape index (κ3) is 3.67. The highest BCUT2D eigenvalue weighted by Crippen LogP contribution is 2.13. The first-order valence-electron chi connectivity index (χ1n) is 8.84. The summed E-state index contributed by atoms with van der Waals surface area (Å²) in [5.74, 6) is -0.132. The fourth-order valence-electron chi connectivity index (χ4n) is 3.01. The first-order chi connectivity index (χ1) is 12.5. The minimum Gasteiger partial charge on any atom is -0.352 e. The molecule has 1 aromatic heterocycles. The maximum Gasteiger partial charge on any atom is 0.272 e. The summed E-state index contributed by atoms with van der Waals surface area (Å²) in [5, 5.41) is 2.95. The second kappa shape index (κ2) is 7.52. The van der Waals surface area contributed by atoms with Crippen molar-refractivity contribution in [3.63, 3.8) is 0 Å². The number of carbonyl (C=O) groups is 1. The number of carbonyl (C=O) groups excluding carboxylic acids is 1. The molecular formula is C21H23N3O2. The summed E-state index contributed by atoms with van der Waals surface area (Å²) in [6.45, 7) is 6.81. The van der Waals surface area contributed by atoms with E-state index in [1.54, 1.807) is 29.7 Å². The van der Waals surface area contributed by atoms with Crippen LogP contribution in [0.15, 0.2) is 47.3 Å². The number of hydrogen-bond donors (Lipinski definition) is 1. The highest BCUT2D eigenvalue weighted by atomic mass is 16.1. The van der Waals surface area contributed by atoms with E-state index in [0.717, 1.165) is 11.9 Å². The maximum absolute atomic E-state index is 12.4. The van der Waals surface area contributed by atoms with Gasteiger partial charge in [0, 0.05) is 18.7 Å².